The quantitative estimate of drug-likeness (QED) is 0.382. The number of rotatable bonds is 5. The number of piperidine rings is 1. The van der Waals surface area contributed by atoms with Crippen molar-refractivity contribution in [3.8, 4) is 21.1 Å². The predicted molar refractivity (Wildman–Crippen MR) is 126 cm³/mol. The molecule has 32 heavy (non-hydrogen) atoms. The van der Waals surface area contributed by atoms with E-state index in [0.717, 1.165) is 52.4 Å². The summed E-state index contributed by atoms with van der Waals surface area (Å²) in [6, 6.07) is 9.76. The van der Waals surface area contributed by atoms with Crippen molar-refractivity contribution < 1.29 is 0 Å². The Morgan fingerprint density at radius 1 is 1.06 bits per heavy atom. The average molecular weight is 462 g/mol. The summed E-state index contributed by atoms with van der Waals surface area (Å²) in [6.07, 6.45) is 8.36. The summed E-state index contributed by atoms with van der Waals surface area (Å²) in [5.74, 6) is 0.666. The molecular weight excluding hydrogens is 442 g/mol. The van der Waals surface area contributed by atoms with Gasteiger partial charge in [0.25, 0.3) is 0 Å². The molecule has 4 aromatic rings. The molecular formula is C23H20ClN7S. The second-order valence-corrected chi connectivity index (χ2v) is 9.11. The summed E-state index contributed by atoms with van der Waals surface area (Å²) in [5.41, 5.74) is 3.56. The summed E-state index contributed by atoms with van der Waals surface area (Å²) in [4.78, 5) is 12.7. The summed E-state index contributed by atoms with van der Waals surface area (Å²) < 4.78 is 0. The summed E-state index contributed by atoms with van der Waals surface area (Å²) in [7, 11) is 0. The number of nitrogens with zero attached hydrogens (tertiary/aromatic N) is 6. The molecule has 1 aliphatic rings. The van der Waals surface area contributed by atoms with Crippen LogP contribution in [0.5, 0.6) is 0 Å². The Hall–Kier alpha value is -3.12. The van der Waals surface area contributed by atoms with Gasteiger partial charge < -0.3 is 0 Å². The first-order valence-corrected chi connectivity index (χ1v) is 11.6. The number of thiophene rings is 1. The summed E-state index contributed by atoms with van der Waals surface area (Å²) >= 11 is 7.75. The van der Waals surface area contributed by atoms with Crippen LogP contribution in [0.3, 0.4) is 0 Å². The molecule has 1 N–H and O–H groups in total. The SMILES string of the molecule is [C-]#[N+]c1c(-c2ccnnc2)sc(-c2ncn[nH]2)c1C(c1ccc(Cl)cc1)N1CCCCC1. The number of nitrogens with one attached hydrogen (secondary N) is 1. The highest BCUT2D eigenvalue weighted by Gasteiger charge is 2.33. The van der Waals surface area contributed by atoms with Crippen molar-refractivity contribution in [3.05, 3.63) is 76.6 Å². The molecule has 0 saturated carbocycles. The van der Waals surface area contributed by atoms with Crippen molar-refractivity contribution in [2.45, 2.75) is 25.3 Å². The molecule has 4 heterocycles. The molecule has 0 amide bonds. The van der Waals surface area contributed by atoms with E-state index in [1.54, 1.807) is 23.7 Å². The van der Waals surface area contributed by atoms with Crippen LogP contribution < -0.4 is 0 Å². The Morgan fingerprint density at radius 3 is 2.53 bits per heavy atom. The van der Waals surface area contributed by atoms with E-state index >= 15 is 0 Å². The van der Waals surface area contributed by atoms with Crippen molar-refractivity contribution in [1.82, 2.24) is 30.3 Å². The highest BCUT2D eigenvalue weighted by atomic mass is 35.5. The number of halogens is 1. The fourth-order valence-electron chi connectivity index (χ4n) is 4.29. The molecule has 0 radical (unpaired) electrons. The molecule has 7 nitrogen and oxygen atoms in total. The predicted octanol–water partition coefficient (Wildman–Crippen LogP) is 5.77. The molecule has 0 spiro atoms. The molecule has 3 aromatic heterocycles. The minimum atomic E-state index is -0.0865. The Labute approximate surface area is 194 Å². The van der Waals surface area contributed by atoms with E-state index < -0.39 is 0 Å². The zero-order valence-corrected chi connectivity index (χ0v) is 18.8. The molecule has 1 fully saturated rings. The number of benzene rings is 1. The molecule has 0 aliphatic carbocycles. The van der Waals surface area contributed by atoms with Gasteiger partial charge in [-0.25, -0.2) is 9.83 Å². The van der Waals surface area contributed by atoms with Crippen LogP contribution in [-0.4, -0.2) is 43.4 Å². The van der Waals surface area contributed by atoms with E-state index in [0.29, 0.717) is 16.5 Å². The highest BCUT2D eigenvalue weighted by Crippen LogP contribution is 2.51. The van der Waals surface area contributed by atoms with Gasteiger partial charge in [0.1, 0.15) is 6.33 Å². The minimum Gasteiger partial charge on any atom is -0.293 e. The minimum absolute atomic E-state index is 0.0865. The molecule has 1 unspecified atom stereocenters. The Balaban J connectivity index is 1.77. The number of hydrogen-bond donors (Lipinski definition) is 1. The fourth-order valence-corrected chi connectivity index (χ4v) is 5.63. The van der Waals surface area contributed by atoms with Crippen LogP contribution in [0, 0.1) is 6.57 Å². The lowest BCUT2D eigenvalue weighted by Gasteiger charge is -2.35. The largest absolute Gasteiger partial charge is 0.293 e. The molecule has 160 valence electrons. The molecule has 1 saturated heterocycles. The van der Waals surface area contributed by atoms with Crippen molar-refractivity contribution in [3.63, 3.8) is 0 Å². The molecule has 0 bridgehead atoms. The Morgan fingerprint density at radius 2 is 1.88 bits per heavy atom. The maximum Gasteiger partial charge on any atom is 0.211 e. The van der Waals surface area contributed by atoms with Crippen molar-refractivity contribution in [2.24, 2.45) is 0 Å². The van der Waals surface area contributed by atoms with Crippen molar-refractivity contribution in [2.75, 3.05) is 13.1 Å². The average Bonchev–Trinajstić information content (AvgIpc) is 3.50. The number of H-pyrrole nitrogens is 1. The topological polar surface area (TPSA) is 75.0 Å². The Kier molecular flexibility index (Phi) is 5.95. The zero-order valence-electron chi connectivity index (χ0n) is 17.2. The first-order valence-electron chi connectivity index (χ1n) is 10.4. The molecule has 1 aliphatic heterocycles. The molecule has 5 rings (SSSR count). The van der Waals surface area contributed by atoms with Gasteiger partial charge in [0.05, 0.1) is 29.9 Å². The van der Waals surface area contributed by atoms with Crippen molar-refractivity contribution in [1.29, 1.82) is 0 Å². The molecule has 1 aromatic carbocycles. The highest BCUT2D eigenvalue weighted by molar-refractivity contribution is 7.19. The third-order valence-corrected chi connectivity index (χ3v) is 7.22. The molecule has 9 heteroatoms. The maximum absolute atomic E-state index is 8.13. The third-order valence-electron chi connectivity index (χ3n) is 5.72. The van der Waals surface area contributed by atoms with Gasteiger partial charge in [0.15, 0.2) is 5.82 Å². The van der Waals surface area contributed by atoms with E-state index in [1.165, 1.54) is 12.7 Å². The van der Waals surface area contributed by atoms with Gasteiger partial charge >= 0.3 is 0 Å². The van der Waals surface area contributed by atoms with Gasteiger partial charge in [-0.2, -0.15) is 15.3 Å². The third kappa shape index (κ3) is 3.91. The lowest BCUT2D eigenvalue weighted by molar-refractivity contribution is 0.188. The monoisotopic (exact) mass is 461 g/mol. The lowest BCUT2D eigenvalue weighted by Crippen LogP contribution is -2.34. The maximum atomic E-state index is 8.13. The number of likely N-dealkylation sites (tertiary alicyclic amines) is 1. The van der Waals surface area contributed by atoms with Gasteiger partial charge in [-0.3, -0.25) is 10.00 Å². The first-order chi connectivity index (χ1) is 15.8. The van der Waals surface area contributed by atoms with Crippen LogP contribution in [0.1, 0.15) is 36.4 Å². The van der Waals surface area contributed by atoms with Crippen molar-refractivity contribution >= 4 is 28.6 Å². The van der Waals surface area contributed by atoms with E-state index in [1.807, 2.05) is 18.2 Å². The second kappa shape index (κ2) is 9.17. The summed E-state index contributed by atoms with van der Waals surface area (Å²) in [6.45, 7) is 10.1. The van der Waals surface area contributed by atoms with Crippen LogP contribution in [0.25, 0.3) is 26.0 Å². The van der Waals surface area contributed by atoms with Crippen LogP contribution in [0.2, 0.25) is 5.02 Å². The normalized spacial score (nSPS) is 15.4. The number of aromatic nitrogens is 5. The fraction of sp³-hybridized carbons (Fsp3) is 0.261. The van der Waals surface area contributed by atoms with Crippen LogP contribution in [0.4, 0.5) is 5.69 Å². The zero-order chi connectivity index (χ0) is 21.9. The van der Waals surface area contributed by atoms with Gasteiger partial charge in [-0.1, -0.05) is 30.2 Å². The van der Waals surface area contributed by atoms with Crippen LogP contribution >= 0.6 is 22.9 Å². The van der Waals surface area contributed by atoms with Crippen LogP contribution in [0.15, 0.2) is 49.1 Å². The van der Waals surface area contributed by atoms with E-state index in [2.05, 4.69) is 47.3 Å². The van der Waals surface area contributed by atoms with Gasteiger partial charge in [-0.15, -0.1) is 11.3 Å². The Bertz CT molecular complexity index is 1220. The van der Waals surface area contributed by atoms with Gasteiger partial charge in [0, 0.05) is 21.0 Å². The van der Waals surface area contributed by atoms with E-state index in [-0.39, 0.29) is 6.04 Å². The first kappa shape index (κ1) is 20.8. The van der Waals surface area contributed by atoms with Gasteiger partial charge in [-0.05, 0) is 49.7 Å². The lowest BCUT2D eigenvalue weighted by atomic mass is 9.93. The smallest absolute Gasteiger partial charge is 0.211 e. The summed E-state index contributed by atoms with van der Waals surface area (Å²) in [5, 5.41) is 15.7. The number of hydrogen-bond acceptors (Lipinski definition) is 6. The van der Waals surface area contributed by atoms with Gasteiger partial charge in [0.2, 0.25) is 5.69 Å². The standard InChI is InChI=1S/C23H20ClN7S/c1-25-19-18(20(31-11-3-2-4-12-31)15-5-7-17(24)8-6-15)22(23-26-14-29-30-23)32-21(19)16-9-10-27-28-13-16/h5-10,13-14,20H,2-4,11-12H2,(H,26,29,30). The molecule has 1 atom stereocenters. The number of aromatic amines is 1. The second-order valence-electron chi connectivity index (χ2n) is 7.65. The van der Waals surface area contributed by atoms with E-state index in [4.69, 9.17) is 18.2 Å². The van der Waals surface area contributed by atoms with Crippen LogP contribution in [-0.2, 0) is 0 Å². The van der Waals surface area contributed by atoms with E-state index in [9.17, 15) is 0 Å².